The molecule has 1 amide bonds. The molecule has 1 fully saturated rings. The molecule has 7 nitrogen and oxygen atoms in total. The highest BCUT2D eigenvalue weighted by molar-refractivity contribution is 6.04. The SMILES string of the molecule is O=C(NC1CC(c2nnc(-c3ccccc3)n2-c2ccccc2F)C1)c1ccnc2cc(F)cnc12. The summed E-state index contributed by atoms with van der Waals surface area (Å²) in [5, 5.41) is 11.8. The van der Waals surface area contributed by atoms with Gasteiger partial charge in [0.2, 0.25) is 0 Å². The maximum absolute atomic E-state index is 14.8. The highest BCUT2D eigenvalue weighted by Gasteiger charge is 2.36. The van der Waals surface area contributed by atoms with Crippen LogP contribution in [0.3, 0.4) is 0 Å². The van der Waals surface area contributed by atoms with Crippen LogP contribution in [0.1, 0.15) is 34.9 Å². The van der Waals surface area contributed by atoms with Crippen molar-refractivity contribution in [2.45, 2.75) is 24.8 Å². The van der Waals surface area contributed by atoms with Gasteiger partial charge >= 0.3 is 0 Å². The number of para-hydroxylation sites is 1. The smallest absolute Gasteiger partial charge is 0.253 e. The largest absolute Gasteiger partial charge is 0.349 e. The summed E-state index contributed by atoms with van der Waals surface area (Å²) in [5.41, 5.74) is 2.21. The van der Waals surface area contributed by atoms with Gasteiger partial charge in [-0.2, -0.15) is 0 Å². The standard InChI is InChI=1S/C27H20F2N6O/c28-18-14-22-24(31-15-18)20(10-11-30-22)27(36)32-19-12-17(13-19)26-34-33-25(16-6-2-1-3-7-16)35(26)23-9-5-4-8-21(23)29/h1-11,14-15,17,19H,12-13H2,(H,32,36). The van der Waals surface area contributed by atoms with Crippen molar-refractivity contribution in [2.24, 2.45) is 0 Å². The van der Waals surface area contributed by atoms with Crippen molar-refractivity contribution in [3.05, 3.63) is 102 Å². The van der Waals surface area contributed by atoms with Gasteiger partial charge in [0.1, 0.15) is 23.0 Å². The summed E-state index contributed by atoms with van der Waals surface area (Å²) in [6.45, 7) is 0. The lowest BCUT2D eigenvalue weighted by atomic mass is 9.79. The second kappa shape index (κ2) is 8.92. The lowest BCUT2D eigenvalue weighted by molar-refractivity contribution is 0.0908. The molecule has 1 aliphatic carbocycles. The Bertz CT molecular complexity index is 1580. The number of benzene rings is 2. The van der Waals surface area contributed by atoms with Crippen LogP contribution in [0.2, 0.25) is 0 Å². The minimum atomic E-state index is -0.511. The van der Waals surface area contributed by atoms with Crippen LogP contribution in [0.25, 0.3) is 28.1 Å². The minimum Gasteiger partial charge on any atom is -0.349 e. The van der Waals surface area contributed by atoms with Crippen molar-refractivity contribution in [3.8, 4) is 17.1 Å². The Morgan fingerprint density at radius 3 is 2.53 bits per heavy atom. The molecule has 1 N–H and O–H groups in total. The molecule has 0 bridgehead atoms. The molecular formula is C27H20F2N6O. The number of hydrogen-bond donors (Lipinski definition) is 1. The Hall–Kier alpha value is -4.53. The summed E-state index contributed by atoms with van der Waals surface area (Å²) in [4.78, 5) is 21.1. The average Bonchev–Trinajstić information content (AvgIpc) is 3.30. The van der Waals surface area contributed by atoms with Crippen LogP contribution in [0, 0.1) is 11.6 Å². The van der Waals surface area contributed by atoms with Crippen LogP contribution in [0.15, 0.2) is 79.1 Å². The Balaban J connectivity index is 1.25. The van der Waals surface area contributed by atoms with E-state index in [1.807, 2.05) is 30.3 Å². The van der Waals surface area contributed by atoms with Crippen molar-refractivity contribution in [1.29, 1.82) is 0 Å². The first-order valence-corrected chi connectivity index (χ1v) is 11.6. The van der Waals surface area contributed by atoms with Crippen LogP contribution >= 0.6 is 0 Å². The third-order valence-electron chi connectivity index (χ3n) is 6.44. The number of carbonyl (C=O) groups is 1. The van der Waals surface area contributed by atoms with Crippen molar-refractivity contribution < 1.29 is 13.6 Å². The summed E-state index contributed by atoms with van der Waals surface area (Å²) in [5.74, 6) is 0.0177. The molecule has 3 heterocycles. The first-order valence-electron chi connectivity index (χ1n) is 11.6. The number of halogens is 2. The zero-order valence-electron chi connectivity index (χ0n) is 19.0. The molecule has 0 unspecified atom stereocenters. The summed E-state index contributed by atoms with van der Waals surface area (Å²) >= 11 is 0. The van der Waals surface area contributed by atoms with Gasteiger partial charge in [-0.25, -0.2) is 8.78 Å². The zero-order valence-corrected chi connectivity index (χ0v) is 19.0. The van der Waals surface area contributed by atoms with Crippen LogP contribution in [-0.4, -0.2) is 36.7 Å². The fourth-order valence-corrected chi connectivity index (χ4v) is 4.60. The van der Waals surface area contributed by atoms with E-state index in [0.29, 0.717) is 46.8 Å². The predicted molar refractivity (Wildman–Crippen MR) is 129 cm³/mol. The molecule has 0 radical (unpaired) electrons. The van der Waals surface area contributed by atoms with E-state index >= 15 is 0 Å². The van der Waals surface area contributed by atoms with E-state index < -0.39 is 5.82 Å². The first-order chi connectivity index (χ1) is 17.6. The van der Waals surface area contributed by atoms with Crippen LogP contribution in [-0.2, 0) is 0 Å². The predicted octanol–water partition coefficient (Wildman–Crippen LogP) is 4.83. The molecule has 2 aromatic carbocycles. The van der Waals surface area contributed by atoms with Gasteiger partial charge in [0.25, 0.3) is 5.91 Å². The van der Waals surface area contributed by atoms with Crippen molar-refractivity contribution in [2.75, 3.05) is 0 Å². The Labute approximate surface area is 204 Å². The maximum atomic E-state index is 14.8. The van der Waals surface area contributed by atoms with E-state index in [2.05, 4.69) is 25.5 Å². The molecule has 0 atom stereocenters. The lowest BCUT2D eigenvalue weighted by Gasteiger charge is -2.35. The number of aromatic nitrogens is 5. The van der Waals surface area contributed by atoms with Crippen LogP contribution in [0.5, 0.6) is 0 Å². The molecule has 0 aliphatic heterocycles. The summed E-state index contributed by atoms with van der Waals surface area (Å²) in [6, 6.07) is 18.8. The molecule has 6 rings (SSSR count). The van der Waals surface area contributed by atoms with Gasteiger partial charge in [-0.1, -0.05) is 42.5 Å². The van der Waals surface area contributed by atoms with E-state index in [1.54, 1.807) is 28.8 Å². The summed E-state index contributed by atoms with van der Waals surface area (Å²) in [7, 11) is 0. The number of hydrogen-bond acceptors (Lipinski definition) is 5. The normalized spacial score (nSPS) is 17.1. The van der Waals surface area contributed by atoms with Gasteiger partial charge in [0, 0.05) is 29.8 Å². The third-order valence-corrected chi connectivity index (χ3v) is 6.44. The van der Waals surface area contributed by atoms with E-state index in [0.717, 1.165) is 11.8 Å². The lowest BCUT2D eigenvalue weighted by Crippen LogP contribution is -2.44. The molecule has 1 aliphatic rings. The van der Waals surface area contributed by atoms with Crippen LogP contribution in [0.4, 0.5) is 8.78 Å². The van der Waals surface area contributed by atoms with Gasteiger partial charge in [-0.15, -0.1) is 10.2 Å². The molecule has 36 heavy (non-hydrogen) atoms. The number of carbonyl (C=O) groups excluding carboxylic acids is 1. The molecule has 9 heteroatoms. The van der Waals surface area contributed by atoms with Gasteiger partial charge in [0.05, 0.1) is 23.0 Å². The van der Waals surface area contributed by atoms with Gasteiger partial charge in [0.15, 0.2) is 5.82 Å². The highest BCUT2D eigenvalue weighted by atomic mass is 19.1. The van der Waals surface area contributed by atoms with E-state index in [9.17, 15) is 13.6 Å². The Kier molecular flexibility index (Phi) is 5.44. The average molecular weight is 482 g/mol. The quantitative estimate of drug-likeness (QED) is 0.388. The van der Waals surface area contributed by atoms with Crippen molar-refractivity contribution in [1.82, 2.24) is 30.0 Å². The Morgan fingerprint density at radius 1 is 0.944 bits per heavy atom. The van der Waals surface area contributed by atoms with Crippen molar-refractivity contribution >= 4 is 16.9 Å². The topological polar surface area (TPSA) is 85.6 Å². The third kappa shape index (κ3) is 3.88. The fraction of sp³-hybridized carbons (Fsp3) is 0.148. The summed E-state index contributed by atoms with van der Waals surface area (Å²) in [6.07, 6.45) is 3.78. The minimum absolute atomic E-state index is 0.0127. The van der Waals surface area contributed by atoms with Gasteiger partial charge in [-0.05, 0) is 31.0 Å². The zero-order chi connectivity index (χ0) is 24.6. The fourth-order valence-electron chi connectivity index (χ4n) is 4.60. The van der Waals surface area contributed by atoms with Crippen LogP contribution < -0.4 is 5.32 Å². The molecule has 178 valence electrons. The van der Waals surface area contributed by atoms with E-state index in [4.69, 9.17) is 0 Å². The summed E-state index contributed by atoms with van der Waals surface area (Å²) < 4.78 is 30.1. The number of fused-ring (bicyclic) bond motifs is 1. The van der Waals surface area contributed by atoms with Crippen molar-refractivity contribution in [3.63, 3.8) is 0 Å². The number of pyridine rings is 2. The second-order valence-electron chi connectivity index (χ2n) is 8.75. The van der Waals surface area contributed by atoms with E-state index in [-0.39, 0.29) is 23.7 Å². The van der Waals surface area contributed by atoms with E-state index in [1.165, 1.54) is 18.3 Å². The first kappa shape index (κ1) is 22.0. The molecule has 3 aromatic heterocycles. The molecule has 0 saturated heterocycles. The molecule has 0 spiro atoms. The number of rotatable bonds is 5. The highest BCUT2D eigenvalue weighted by Crippen LogP contribution is 2.39. The monoisotopic (exact) mass is 482 g/mol. The second-order valence-corrected chi connectivity index (χ2v) is 8.75. The maximum Gasteiger partial charge on any atom is 0.253 e. The van der Waals surface area contributed by atoms with Gasteiger partial charge < -0.3 is 5.32 Å². The van der Waals surface area contributed by atoms with Gasteiger partial charge in [-0.3, -0.25) is 19.3 Å². The molecule has 5 aromatic rings. The Morgan fingerprint density at radius 2 is 1.72 bits per heavy atom. The molecule has 1 saturated carbocycles. The molecular weight excluding hydrogens is 462 g/mol. The number of nitrogens with zero attached hydrogens (tertiary/aromatic N) is 5. The number of amides is 1. The number of nitrogens with one attached hydrogen (secondary N) is 1.